The molecule has 84 valence electrons. The second-order valence-electron chi connectivity index (χ2n) is 4.43. The van der Waals surface area contributed by atoms with Crippen LogP contribution in [0.25, 0.3) is 0 Å². The van der Waals surface area contributed by atoms with Gasteiger partial charge in [0.25, 0.3) is 0 Å². The summed E-state index contributed by atoms with van der Waals surface area (Å²) in [7, 11) is 3.60. The average molecular weight is 200 g/mol. The molecule has 3 heteroatoms. The molecule has 1 amide bonds. The maximum atomic E-state index is 11.8. The predicted octanol–water partition coefficient (Wildman–Crippen LogP) is 1.49. The number of carbonyl (C=O) groups is 1. The molecule has 3 nitrogen and oxygen atoms in total. The molecule has 0 saturated carbocycles. The van der Waals surface area contributed by atoms with E-state index in [2.05, 4.69) is 33.0 Å². The van der Waals surface area contributed by atoms with Crippen molar-refractivity contribution >= 4 is 5.91 Å². The van der Waals surface area contributed by atoms with Crippen molar-refractivity contribution in [3.63, 3.8) is 0 Å². The van der Waals surface area contributed by atoms with Gasteiger partial charge in [0.1, 0.15) is 0 Å². The summed E-state index contributed by atoms with van der Waals surface area (Å²) in [5, 5.41) is 3.36. The van der Waals surface area contributed by atoms with Crippen molar-refractivity contribution in [2.45, 2.75) is 46.2 Å². The lowest BCUT2D eigenvalue weighted by Crippen LogP contribution is -2.49. The van der Waals surface area contributed by atoms with Crippen LogP contribution in [0.5, 0.6) is 0 Å². The summed E-state index contributed by atoms with van der Waals surface area (Å²) >= 11 is 0. The summed E-state index contributed by atoms with van der Waals surface area (Å²) in [6.45, 7) is 8.37. The molecule has 0 aromatic rings. The molecule has 0 aliphatic rings. The van der Waals surface area contributed by atoms with Crippen LogP contribution in [0.4, 0.5) is 0 Å². The number of rotatable bonds is 5. The Kier molecular flexibility index (Phi) is 5.77. The Morgan fingerprint density at radius 2 is 1.79 bits per heavy atom. The molecule has 1 N–H and O–H groups in total. The lowest BCUT2D eigenvalue weighted by atomic mass is 10.0. The van der Waals surface area contributed by atoms with Crippen molar-refractivity contribution in [2.75, 3.05) is 14.1 Å². The zero-order valence-corrected chi connectivity index (χ0v) is 10.3. The molecule has 0 heterocycles. The monoisotopic (exact) mass is 200 g/mol. The first-order valence-electron chi connectivity index (χ1n) is 5.37. The second kappa shape index (κ2) is 6.02. The van der Waals surface area contributed by atoms with Gasteiger partial charge in [-0.1, -0.05) is 20.8 Å². The highest BCUT2D eigenvalue weighted by Gasteiger charge is 2.24. The van der Waals surface area contributed by atoms with Crippen LogP contribution < -0.4 is 5.32 Å². The first-order chi connectivity index (χ1) is 6.40. The van der Waals surface area contributed by atoms with Crippen LogP contribution >= 0.6 is 0 Å². The molecule has 14 heavy (non-hydrogen) atoms. The lowest BCUT2D eigenvalue weighted by molar-refractivity contribution is -0.132. The van der Waals surface area contributed by atoms with Gasteiger partial charge in [0, 0.05) is 20.1 Å². The summed E-state index contributed by atoms with van der Waals surface area (Å²) < 4.78 is 0. The van der Waals surface area contributed by atoms with Crippen LogP contribution in [0.2, 0.25) is 0 Å². The summed E-state index contributed by atoms with van der Waals surface area (Å²) in [5.41, 5.74) is 0. The molecule has 2 atom stereocenters. The minimum absolute atomic E-state index is 0.0556. The smallest absolute Gasteiger partial charge is 0.239 e. The standard InChI is InChI=1S/C11H24N2O/c1-7-9(4)12-10(8(2)3)11(14)13(5)6/h8-10,12H,7H2,1-6H3. The van der Waals surface area contributed by atoms with Gasteiger partial charge in [-0.15, -0.1) is 0 Å². The molecule has 0 aliphatic heterocycles. The van der Waals surface area contributed by atoms with E-state index in [4.69, 9.17) is 0 Å². The molecule has 2 unspecified atom stereocenters. The van der Waals surface area contributed by atoms with Crippen molar-refractivity contribution in [3.8, 4) is 0 Å². The molecule has 0 spiro atoms. The van der Waals surface area contributed by atoms with Crippen molar-refractivity contribution in [1.29, 1.82) is 0 Å². The minimum atomic E-state index is -0.0556. The quantitative estimate of drug-likeness (QED) is 0.729. The molecule has 0 rings (SSSR count). The van der Waals surface area contributed by atoms with Gasteiger partial charge in [-0.05, 0) is 19.3 Å². The molecule has 0 saturated heterocycles. The van der Waals surface area contributed by atoms with Gasteiger partial charge < -0.3 is 10.2 Å². The molecular weight excluding hydrogens is 176 g/mol. The van der Waals surface area contributed by atoms with E-state index in [0.29, 0.717) is 12.0 Å². The van der Waals surface area contributed by atoms with Crippen LogP contribution in [0.1, 0.15) is 34.1 Å². The summed E-state index contributed by atoms with van der Waals surface area (Å²) in [4.78, 5) is 13.5. The Hall–Kier alpha value is -0.570. The van der Waals surface area contributed by atoms with Crippen LogP contribution in [0.3, 0.4) is 0 Å². The van der Waals surface area contributed by atoms with Gasteiger partial charge >= 0.3 is 0 Å². The van der Waals surface area contributed by atoms with Gasteiger partial charge in [-0.25, -0.2) is 0 Å². The number of nitrogens with one attached hydrogen (secondary N) is 1. The normalized spacial score (nSPS) is 15.4. The van der Waals surface area contributed by atoms with Gasteiger partial charge in [-0.2, -0.15) is 0 Å². The van der Waals surface area contributed by atoms with E-state index in [1.165, 1.54) is 0 Å². The molecule has 0 radical (unpaired) electrons. The van der Waals surface area contributed by atoms with Gasteiger partial charge in [0.2, 0.25) is 5.91 Å². The van der Waals surface area contributed by atoms with E-state index < -0.39 is 0 Å². The molecule has 0 aromatic carbocycles. The molecule has 0 fully saturated rings. The fourth-order valence-electron chi connectivity index (χ4n) is 1.25. The highest BCUT2D eigenvalue weighted by atomic mass is 16.2. The van der Waals surface area contributed by atoms with Gasteiger partial charge in [0.05, 0.1) is 6.04 Å². The van der Waals surface area contributed by atoms with Crippen LogP contribution in [-0.2, 0) is 4.79 Å². The fourth-order valence-corrected chi connectivity index (χ4v) is 1.25. The SMILES string of the molecule is CCC(C)NC(C(=O)N(C)C)C(C)C. The third kappa shape index (κ3) is 4.09. The first-order valence-corrected chi connectivity index (χ1v) is 5.37. The number of likely N-dealkylation sites (N-methyl/N-ethyl adjacent to an activating group) is 1. The molecule has 0 aromatic heterocycles. The van der Waals surface area contributed by atoms with E-state index in [9.17, 15) is 4.79 Å². The highest BCUT2D eigenvalue weighted by Crippen LogP contribution is 2.06. The number of hydrogen-bond donors (Lipinski definition) is 1. The Morgan fingerprint density at radius 1 is 1.29 bits per heavy atom. The number of nitrogens with zero attached hydrogens (tertiary/aromatic N) is 1. The van der Waals surface area contributed by atoms with Gasteiger partial charge in [-0.3, -0.25) is 4.79 Å². The maximum absolute atomic E-state index is 11.8. The summed E-state index contributed by atoms with van der Waals surface area (Å²) in [6, 6.07) is 0.339. The van der Waals surface area contributed by atoms with Crippen LogP contribution in [0.15, 0.2) is 0 Å². The topological polar surface area (TPSA) is 32.3 Å². The van der Waals surface area contributed by atoms with E-state index in [1.807, 2.05) is 0 Å². The van der Waals surface area contributed by atoms with E-state index in [-0.39, 0.29) is 11.9 Å². The van der Waals surface area contributed by atoms with Crippen molar-refractivity contribution < 1.29 is 4.79 Å². The van der Waals surface area contributed by atoms with Crippen molar-refractivity contribution in [2.24, 2.45) is 5.92 Å². The van der Waals surface area contributed by atoms with Gasteiger partial charge in [0.15, 0.2) is 0 Å². The minimum Gasteiger partial charge on any atom is -0.347 e. The van der Waals surface area contributed by atoms with Crippen molar-refractivity contribution in [3.05, 3.63) is 0 Å². The van der Waals surface area contributed by atoms with Crippen molar-refractivity contribution in [1.82, 2.24) is 10.2 Å². The molecule has 0 aliphatic carbocycles. The maximum Gasteiger partial charge on any atom is 0.239 e. The largest absolute Gasteiger partial charge is 0.347 e. The number of carbonyl (C=O) groups excluding carboxylic acids is 1. The Morgan fingerprint density at radius 3 is 2.07 bits per heavy atom. The zero-order valence-electron chi connectivity index (χ0n) is 10.3. The second-order valence-corrected chi connectivity index (χ2v) is 4.43. The van der Waals surface area contributed by atoms with Crippen LogP contribution in [0, 0.1) is 5.92 Å². The average Bonchev–Trinajstić information content (AvgIpc) is 2.11. The van der Waals surface area contributed by atoms with E-state index in [0.717, 1.165) is 6.42 Å². The first kappa shape index (κ1) is 13.4. The Labute approximate surface area is 87.9 Å². The Balaban J connectivity index is 4.37. The highest BCUT2D eigenvalue weighted by molar-refractivity contribution is 5.81. The third-order valence-electron chi connectivity index (χ3n) is 2.45. The zero-order chi connectivity index (χ0) is 11.3. The third-order valence-corrected chi connectivity index (χ3v) is 2.45. The summed E-state index contributed by atoms with van der Waals surface area (Å²) in [6.07, 6.45) is 1.05. The van der Waals surface area contributed by atoms with E-state index in [1.54, 1.807) is 19.0 Å². The summed E-state index contributed by atoms with van der Waals surface area (Å²) in [5.74, 6) is 0.499. The molecule has 0 bridgehead atoms. The lowest BCUT2D eigenvalue weighted by Gasteiger charge is -2.27. The van der Waals surface area contributed by atoms with E-state index >= 15 is 0 Å². The Bertz CT molecular complexity index is 178. The fraction of sp³-hybridized carbons (Fsp3) is 0.909. The van der Waals surface area contributed by atoms with Crippen LogP contribution in [-0.4, -0.2) is 37.0 Å². The number of amides is 1. The molecular formula is C11H24N2O. The predicted molar refractivity (Wildman–Crippen MR) is 60.2 cm³/mol. The number of hydrogen-bond acceptors (Lipinski definition) is 2.